The third kappa shape index (κ3) is 5.42. The molecule has 172 valence electrons. The van der Waals surface area contributed by atoms with Crippen LogP contribution in [0.5, 0.6) is 17.2 Å². The van der Waals surface area contributed by atoms with Gasteiger partial charge in [0.1, 0.15) is 22.9 Å². The van der Waals surface area contributed by atoms with Crippen LogP contribution in [0.15, 0.2) is 84.6 Å². The lowest BCUT2D eigenvalue weighted by molar-refractivity contribution is 0.0958. The quantitative estimate of drug-likeness (QED) is 0.489. The fourth-order valence-corrected chi connectivity index (χ4v) is 3.32. The molecule has 0 bridgehead atoms. The minimum atomic E-state index is -0.345. The molecule has 0 saturated carbocycles. The van der Waals surface area contributed by atoms with Crippen molar-refractivity contribution in [1.29, 1.82) is 0 Å². The van der Waals surface area contributed by atoms with Gasteiger partial charge in [-0.25, -0.2) is 9.78 Å². The number of amides is 3. The molecule has 0 saturated heterocycles. The topological polar surface area (TPSA) is 102 Å². The predicted octanol–water partition coefficient (Wildman–Crippen LogP) is 4.92. The molecular formula is C26H24N4O4. The third-order valence-corrected chi connectivity index (χ3v) is 5.02. The molecule has 0 radical (unpaired) electrons. The number of methoxy groups -OCH3 is 1. The number of anilines is 1. The summed E-state index contributed by atoms with van der Waals surface area (Å²) < 4.78 is 11.4. The highest BCUT2D eigenvalue weighted by atomic mass is 16.5. The minimum absolute atomic E-state index is 0.238. The van der Waals surface area contributed by atoms with Crippen LogP contribution in [0.25, 0.3) is 10.9 Å². The second kappa shape index (κ2) is 10.4. The maximum absolute atomic E-state index is 12.3. The Kier molecular flexibility index (Phi) is 6.88. The molecule has 3 N–H and O–H groups in total. The van der Waals surface area contributed by atoms with Crippen LogP contribution in [0.1, 0.15) is 16.9 Å². The van der Waals surface area contributed by atoms with E-state index in [-0.39, 0.29) is 17.6 Å². The molecule has 2 aromatic carbocycles. The van der Waals surface area contributed by atoms with Crippen molar-refractivity contribution in [3.05, 3.63) is 90.3 Å². The summed E-state index contributed by atoms with van der Waals surface area (Å²) in [5.41, 5.74) is 2.15. The van der Waals surface area contributed by atoms with Crippen molar-refractivity contribution < 1.29 is 19.1 Å². The van der Waals surface area contributed by atoms with Gasteiger partial charge in [0.15, 0.2) is 0 Å². The number of rotatable bonds is 6. The molecule has 4 rings (SSSR count). The Hall–Kier alpha value is -4.59. The van der Waals surface area contributed by atoms with Gasteiger partial charge in [-0.05, 0) is 61.0 Å². The Morgan fingerprint density at radius 3 is 2.53 bits per heavy atom. The fourth-order valence-electron chi connectivity index (χ4n) is 3.32. The lowest BCUT2D eigenvalue weighted by Gasteiger charge is -2.13. The van der Waals surface area contributed by atoms with E-state index in [4.69, 9.17) is 9.47 Å². The first kappa shape index (κ1) is 22.6. The molecule has 0 aliphatic heterocycles. The highest BCUT2D eigenvalue weighted by Crippen LogP contribution is 2.33. The number of hydrogen-bond donors (Lipinski definition) is 3. The van der Waals surface area contributed by atoms with Gasteiger partial charge in [-0.1, -0.05) is 18.2 Å². The van der Waals surface area contributed by atoms with E-state index in [1.807, 2.05) is 30.4 Å². The molecule has 0 atom stereocenters. The van der Waals surface area contributed by atoms with E-state index < -0.39 is 0 Å². The summed E-state index contributed by atoms with van der Waals surface area (Å²) in [6, 6.07) is 13.5. The van der Waals surface area contributed by atoms with E-state index in [1.54, 1.807) is 62.7 Å². The third-order valence-electron chi connectivity index (χ3n) is 5.02. The van der Waals surface area contributed by atoms with Gasteiger partial charge in [0.05, 0.1) is 12.6 Å². The zero-order valence-electron chi connectivity index (χ0n) is 18.8. The molecule has 3 aromatic rings. The Morgan fingerprint density at radius 1 is 0.971 bits per heavy atom. The summed E-state index contributed by atoms with van der Waals surface area (Å²) in [4.78, 5) is 28.9. The van der Waals surface area contributed by atoms with Gasteiger partial charge in [0, 0.05) is 29.9 Å². The second-order valence-electron chi connectivity index (χ2n) is 7.36. The van der Waals surface area contributed by atoms with Crippen molar-refractivity contribution in [3.63, 3.8) is 0 Å². The molecule has 0 unspecified atom stereocenters. The van der Waals surface area contributed by atoms with Gasteiger partial charge in [0.25, 0.3) is 5.91 Å². The molecule has 1 aromatic heterocycles. The number of aromatic nitrogens is 1. The van der Waals surface area contributed by atoms with E-state index in [2.05, 4.69) is 20.9 Å². The van der Waals surface area contributed by atoms with Gasteiger partial charge < -0.3 is 25.4 Å². The molecule has 8 heteroatoms. The first-order valence-corrected chi connectivity index (χ1v) is 10.7. The summed E-state index contributed by atoms with van der Waals surface area (Å²) in [5.74, 6) is 1.32. The number of nitrogens with one attached hydrogen (secondary N) is 3. The molecule has 34 heavy (non-hydrogen) atoms. The van der Waals surface area contributed by atoms with Gasteiger partial charge in [-0.15, -0.1) is 0 Å². The summed E-state index contributed by atoms with van der Waals surface area (Å²) in [5, 5.41) is 8.87. The standard InChI is InChI=1S/C26H24N4O4/c1-27-25(31)23-16-24(21-15-20(33-2)13-14-22(21)30-23)34-19-11-9-18(10-12-19)29-26(32)28-17-7-5-3-4-6-8-17/h3,5-16H,4H2,1-2H3,(H,27,31)(H2,28,29,32). The Morgan fingerprint density at radius 2 is 1.76 bits per heavy atom. The molecule has 1 aliphatic rings. The van der Waals surface area contributed by atoms with Crippen LogP contribution in [0.2, 0.25) is 0 Å². The summed E-state index contributed by atoms with van der Waals surface area (Å²) in [6.07, 6.45) is 10.4. The van der Waals surface area contributed by atoms with Gasteiger partial charge >= 0.3 is 6.03 Å². The average molecular weight is 457 g/mol. The van der Waals surface area contributed by atoms with Crippen LogP contribution < -0.4 is 25.4 Å². The smallest absolute Gasteiger partial charge is 0.323 e. The van der Waals surface area contributed by atoms with Crippen LogP contribution in [0, 0.1) is 0 Å². The fraction of sp³-hybridized carbons (Fsp3) is 0.115. The number of pyridine rings is 1. The van der Waals surface area contributed by atoms with Crippen LogP contribution in [0.4, 0.5) is 10.5 Å². The van der Waals surface area contributed by atoms with E-state index in [9.17, 15) is 9.59 Å². The minimum Gasteiger partial charge on any atom is -0.497 e. The first-order valence-electron chi connectivity index (χ1n) is 10.7. The van der Waals surface area contributed by atoms with Crippen molar-refractivity contribution in [2.45, 2.75) is 6.42 Å². The summed E-state index contributed by atoms with van der Waals surface area (Å²) in [7, 11) is 3.12. The van der Waals surface area contributed by atoms with Crippen molar-refractivity contribution in [2.75, 3.05) is 19.5 Å². The van der Waals surface area contributed by atoms with E-state index in [0.29, 0.717) is 39.5 Å². The lowest BCUT2D eigenvalue weighted by atomic mass is 10.1. The van der Waals surface area contributed by atoms with Gasteiger partial charge in [-0.3, -0.25) is 4.79 Å². The van der Waals surface area contributed by atoms with E-state index >= 15 is 0 Å². The van der Waals surface area contributed by atoms with Crippen LogP contribution >= 0.6 is 0 Å². The average Bonchev–Trinajstić information content (AvgIpc) is 3.12. The molecule has 1 heterocycles. The number of benzene rings is 2. The van der Waals surface area contributed by atoms with Gasteiger partial charge in [0.2, 0.25) is 0 Å². The summed E-state index contributed by atoms with van der Waals surface area (Å²) in [6.45, 7) is 0. The number of hydrogen-bond acceptors (Lipinski definition) is 5. The van der Waals surface area contributed by atoms with E-state index in [1.165, 1.54) is 0 Å². The summed E-state index contributed by atoms with van der Waals surface area (Å²) >= 11 is 0. The second-order valence-corrected chi connectivity index (χ2v) is 7.36. The van der Waals surface area contributed by atoms with Crippen LogP contribution in [-0.2, 0) is 0 Å². The van der Waals surface area contributed by atoms with Crippen LogP contribution in [0.3, 0.4) is 0 Å². The zero-order chi connectivity index (χ0) is 23.9. The number of fused-ring (bicyclic) bond motifs is 1. The van der Waals surface area contributed by atoms with Crippen molar-refractivity contribution in [3.8, 4) is 17.2 Å². The number of nitrogens with zero attached hydrogens (tertiary/aromatic N) is 1. The van der Waals surface area contributed by atoms with Crippen molar-refractivity contribution in [2.24, 2.45) is 0 Å². The molecule has 3 amide bonds. The monoisotopic (exact) mass is 456 g/mol. The number of allylic oxidation sites excluding steroid dienone is 5. The van der Waals surface area contributed by atoms with Crippen molar-refractivity contribution in [1.82, 2.24) is 15.6 Å². The number of carbonyl (C=O) groups is 2. The number of carbonyl (C=O) groups excluding carboxylic acids is 2. The first-order chi connectivity index (χ1) is 16.6. The largest absolute Gasteiger partial charge is 0.497 e. The maximum atomic E-state index is 12.3. The predicted molar refractivity (Wildman–Crippen MR) is 131 cm³/mol. The highest BCUT2D eigenvalue weighted by Gasteiger charge is 2.14. The normalized spacial score (nSPS) is 12.5. The SMILES string of the molecule is CNC(=O)c1cc(Oc2ccc(NC(=O)NC3=CC=CCC=C3)cc2)c2cc(OC)ccc2n1. The van der Waals surface area contributed by atoms with E-state index in [0.717, 1.165) is 6.42 Å². The molecule has 0 spiro atoms. The molecule has 0 fully saturated rings. The van der Waals surface area contributed by atoms with Crippen LogP contribution in [-0.4, -0.2) is 31.1 Å². The molecule has 8 nitrogen and oxygen atoms in total. The molecular weight excluding hydrogens is 432 g/mol. The maximum Gasteiger partial charge on any atom is 0.323 e. The van der Waals surface area contributed by atoms with Gasteiger partial charge in [-0.2, -0.15) is 0 Å². The number of ether oxygens (including phenoxy) is 2. The Bertz CT molecular complexity index is 1310. The number of urea groups is 1. The molecule has 1 aliphatic carbocycles. The van der Waals surface area contributed by atoms with Crippen molar-refractivity contribution >= 4 is 28.5 Å². The lowest BCUT2D eigenvalue weighted by Crippen LogP contribution is -2.27. The highest BCUT2D eigenvalue weighted by molar-refractivity contribution is 5.97. The Balaban J connectivity index is 1.52. The zero-order valence-corrected chi connectivity index (χ0v) is 18.8. The Labute approximate surface area is 197 Å².